The van der Waals surface area contributed by atoms with Crippen molar-refractivity contribution < 1.29 is 27.2 Å². The Morgan fingerprint density at radius 3 is 1.32 bits per heavy atom. The molecule has 0 fully saturated rings. The molecule has 0 aromatic heterocycles. The lowest BCUT2D eigenvalue weighted by atomic mass is 10.1. The summed E-state index contributed by atoms with van der Waals surface area (Å²) in [7, 11) is -6.59. The highest BCUT2D eigenvalue weighted by molar-refractivity contribution is 9.13. The van der Waals surface area contributed by atoms with Crippen LogP contribution in [0.2, 0.25) is 0 Å². The minimum Gasteiger partial charge on any atom is -0.309 e. The summed E-state index contributed by atoms with van der Waals surface area (Å²) in [5.74, 6) is 0. The van der Waals surface area contributed by atoms with Crippen LogP contribution in [0.15, 0.2) is 13.4 Å². The first-order chi connectivity index (χ1) is 13.1. The normalized spacial score (nSPS) is 12.6. The molecule has 0 saturated carbocycles. The molecule has 1 rings (SSSR count). The topological polar surface area (TPSA) is 71.1 Å². The summed E-state index contributed by atoms with van der Waals surface area (Å²) in [5.41, 5.74) is 2.39. The molecule has 28 heavy (non-hydrogen) atoms. The third-order valence-corrected chi connectivity index (χ3v) is 11.1. The number of rotatable bonds is 12. The Morgan fingerprint density at radius 2 is 0.964 bits per heavy atom. The maximum atomic E-state index is 13.0. The summed E-state index contributed by atoms with van der Waals surface area (Å²) in [6, 6.07) is 0. The van der Waals surface area contributed by atoms with E-state index in [1.54, 1.807) is 27.7 Å². The number of halogens is 3. The SMILES string of the molecule is CCOP(=O)(Cc1c(C)c(Br)c(CP(=O)(OCC)OCC)c(Br)c1Br)OCC. The number of benzene rings is 1. The molecule has 0 atom stereocenters. The molecule has 0 amide bonds. The molecule has 162 valence electrons. The quantitative estimate of drug-likeness (QED) is 0.174. The average Bonchev–Trinajstić information content (AvgIpc) is 2.62. The second-order valence-electron chi connectivity index (χ2n) is 5.73. The van der Waals surface area contributed by atoms with Gasteiger partial charge in [0.05, 0.1) is 38.8 Å². The van der Waals surface area contributed by atoms with Crippen LogP contribution in [0, 0.1) is 6.92 Å². The summed E-state index contributed by atoms with van der Waals surface area (Å²) in [4.78, 5) is 0. The smallest absolute Gasteiger partial charge is 0.309 e. The predicted octanol–water partition coefficient (Wildman–Crippen LogP) is 7.81. The van der Waals surface area contributed by atoms with Gasteiger partial charge in [-0.1, -0.05) is 15.9 Å². The van der Waals surface area contributed by atoms with Gasteiger partial charge in [-0.2, -0.15) is 0 Å². The summed E-state index contributed by atoms with van der Waals surface area (Å²) < 4.78 is 49.9. The number of hydrogen-bond acceptors (Lipinski definition) is 6. The lowest BCUT2D eigenvalue weighted by molar-refractivity contribution is 0.217. The lowest BCUT2D eigenvalue weighted by Crippen LogP contribution is -2.06. The van der Waals surface area contributed by atoms with Crippen LogP contribution in [0.1, 0.15) is 44.4 Å². The molecule has 0 saturated heterocycles. The number of hydrogen-bond donors (Lipinski definition) is 0. The first-order valence-electron chi connectivity index (χ1n) is 8.99. The van der Waals surface area contributed by atoms with Gasteiger partial charge in [-0.25, -0.2) is 0 Å². The zero-order chi connectivity index (χ0) is 21.5. The second kappa shape index (κ2) is 12.1. The van der Waals surface area contributed by atoms with E-state index in [2.05, 4.69) is 47.8 Å². The molecule has 6 nitrogen and oxygen atoms in total. The van der Waals surface area contributed by atoms with Gasteiger partial charge in [0.1, 0.15) is 0 Å². The highest BCUT2D eigenvalue weighted by Crippen LogP contribution is 2.57. The monoisotopic (exact) mass is 626 g/mol. The summed E-state index contributed by atoms with van der Waals surface area (Å²) in [6.45, 7) is 10.2. The van der Waals surface area contributed by atoms with Gasteiger partial charge < -0.3 is 18.1 Å². The van der Waals surface area contributed by atoms with Gasteiger partial charge in [0.15, 0.2) is 0 Å². The second-order valence-corrected chi connectivity index (χ2v) is 12.2. The Balaban J connectivity index is 3.42. The fraction of sp³-hybridized carbons (Fsp3) is 0.647. The van der Waals surface area contributed by atoms with Crippen LogP contribution < -0.4 is 0 Å². The van der Waals surface area contributed by atoms with Crippen LogP contribution in [0.5, 0.6) is 0 Å². The van der Waals surface area contributed by atoms with E-state index in [-0.39, 0.29) is 25.5 Å². The fourth-order valence-corrected chi connectivity index (χ4v) is 8.97. The molecule has 0 aliphatic rings. The lowest BCUT2D eigenvalue weighted by Gasteiger charge is -2.23. The third kappa shape index (κ3) is 7.00. The standard InChI is InChI=1S/C17H27Br3O6P2/c1-6-23-27(21,24-7-2)10-13-12(5)15(18)14(17(20)16(13)19)11-28(22,25-8-3)26-9-4/h6-11H2,1-5H3. The van der Waals surface area contributed by atoms with E-state index in [1.807, 2.05) is 6.92 Å². The molecule has 0 N–H and O–H groups in total. The van der Waals surface area contributed by atoms with E-state index in [1.165, 1.54) is 0 Å². The molecule has 1 aromatic carbocycles. The molecule has 0 spiro atoms. The van der Waals surface area contributed by atoms with E-state index in [0.29, 0.717) is 22.2 Å². The van der Waals surface area contributed by atoms with Crippen LogP contribution in [0.4, 0.5) is 0 Å². The zero-order valence-corrected chi connectivity index (χ0v) is 23.3. The minimum atomic E-state index is -3.30. The Kier molecular flexibility index (Phi) is 11.7. The van der Waals surface area contributed by atoms with E-state index < -0.39 is 15.2 Å². The van der Waals surface area contributed by atoms with E-state index >= 15 is 0 Å². The molecule has 1 aromatic rings. The molecule has 0 aliphatic heterocycles. The Labute approximate surface area is 192 Å². The molecule has 0 aliphatic carbocycles. The maximum absolute atomic E-state index is 13.0. The first-order valence-corrected chi connectivity index (χ1v) is 14.8. The van der Waals surface area contributed by atoms with Gasteiger partial charge in [-0.15, -0.1) is 0 Å². The largest absolute Gasteiger partial charge is 0.335 e. The van der Waals surface area contributed by atoms with Gasteiger partial charge in [-0.05, 0) is 83.2 Å². The highest BCUT2D eigenvalue weighted by atomic mass is 79.9. The maximum Gasteiger partial charge on any atom is 0.335 e. The molecule has 0 bridgehead atoms. The van der Waals surface area contributed by atoms with Gasteiger partial charge in [0, 0.05) is 13.4 Å². The summed E-state index contributed by atoms with van der Waals surface area (Å²) >= 11 is 10.8. The van der Waals surface area contributed by atoms with Crippen molar-refractivity contribution >= 4 is 63.0 Å². The van der Waals surface area contributed by atoms with E-state index in [0.717, 1.165) is 21.2 Å². The Hall–Kier alpha value is 0.960. The minimum absolute atomic E-state index is 0.101. The molecule has 0 heterocycles. The van der Waals surface area contributed by atoms with Gasteiger partial charge in [0.2, 0.25) is 0 Å². The third-order valence-electron chi connectivity index (χ3n) is 3.78. The molecule has 0 radical (unpaired) electrons. The van der Waals surface area contributed by atoms with Crippen LogP contribution in [0.25, 0.3) is 0 Å². The van der Waals surface area contributed by atoms with Crippen molar-refractivity contribution in [2.75, 3.05) is 26.4 Å². The Bertz CT molecular complexity index is 660. The van der Waals surface area contributed by atoms with Crippen LogP contribution in [-0.2, 0) is 39.5 Å². The summed E-state index contributed by atoms with van der Waals surface area (Å²) in [6.07, 6.45) is 0.220. The molecular weight excluding hydrogens is 602 g/mol. The van der Waals surface area contributed by atoms with Crippen molar-refractivity contribution in [1.82, 2.24) is 0 Å². The van der Waals surface area contributed by atoms with Gasteiger partial charge in [0.25, 0.3) is 0 Å². The van der Waals surface area contributed by atoms with Crippen molar-refractivity contribution in [3.8, 4) is 0 Å². The summed E-state index contributed by atoms with van der Waals surface area (Å²) in [5, 5.41) is 0. The molecular formula is C17H27Br3O6P2. The van der Waals surface area contributed by atoms with Crippen LogP contribution in [0.3, 0.4) is 0 Å². The van der Waals surface area contributed by atoms with Crippen molar-refractivity contribution in [1.29, 1.82) is 0 Å². The van der Waals surface area contributed by atoms with Crippen molar-refractivity contribution in [2.24, 2.45) is 0 Å². The van der Waals surface area contributed by atoms with Gasteiger partial charge in [-0.3, -0.25) is 9.13 Å². The highest BCUT2D eigenvalue weighted by Gasteiger charge is 2.32. The zero-order valence-electron chi connectivity index (χ0n) is 16.7. The van der Waals surface area contributed by atoms with Crippen molar-refractivity contribution in [2.45, 2.75) is 46.9 Å². The van der Waals surface area contributed by atoms with Crippen LogP contribution in [-0.4, -0.2) is 26.4 Å². The van der Waals surface area contributed by atoms with Crippen LogP contribution >= 0.6 is 63.0 Å². The van der Waals surface area contributed by atoms with E-state index in [9.17, 15) is 9.13 Å². The Morgan fingerprint density at radius 1 is 0.643 bits per heavy atom. The van der Waals surface area contributed by atoms with Crippen molar-refractivity contribution in [3.05, 3.63) is 30.1 Å². The average molecular weight is 629 g/mol. The fourth-order valence-electron chi connectivity index (χ4n) is 2.64. The van der Waals surface area contributed by atoms with E-state index in [4.69, 9.17) is 18.1 Å². The molecule has 0 unspecified atom stereocenters. The van der Waals surface area contributed by atoms with Crippen molar-refractivity contribution in [3.63, 3.8) is 0 Å². The molecule has 11 heteroatoms. The first kappa shape index (κ1) is 27.0. The predicted molar refractivity (Wildman–Crippen MR) is 123 cm³/mol. The van der Waals surface area contributed by atoms with Gasteiger partial charge >= 0.3 is 15.2 Å².